The molecular weight excluding hydrogens is 444 g/mol. The molecule has 0 atom stereocenters. The summed E-state index contributed by atoms with van der Waals surface area (Å²) in [5.74, 6) is 0. The molecular formula is C20H30Br2N2O. The van der Waals surface area contributed by atoms with Crippen LogP contribution in [0.4, 0.5) is 5.69 Å². The maximum absolute atomic E-state index is 9.67. The Labute approximate surface area is 169 Å². The molecule has 0 amide bonds. The van der Waals surface area contributed by atoms with Gasteiger partial charge in [-0.3, -0.25) is 4.90 Å². The van der Waals surface area contributed by atoms with Gasteiger partial charge in [-0.1, -0.05) is 28.1 Å². The molecule has 2 rings (SSSR count). The average molecular weight is 474 g/mol. The van der Waals surface area contributed by atoms with E-state index in [1.54, 1.807) is 0 Å². The molecule has 1 saturated carbocycles. The van der Waals surface area contributed by atoms with Crippen LogP contribution in [0.15, 0.2) is 27.2 Å². The van der Waals surface area contributed by atoms with Gasteiger partial charge in [0.05, 0.1) is 11.8 Å². The molecule has 0 saturated heterocycles. The second kappa shape index (κ2) is 10.1. The monoisotopic (exact) mass is 472 g/mol. The van der Waals surface area contributed by atoms with Gasteiger partial charge in [-0.15, -0.1) is 0 Å². The molecule has 1 aromatic rings. The molecule has 0 spiro atoms. The Hall–Kier alpha value is -0.360. The molecule has 25 heavy (non-hydrogen) atoms. The standard InChI is InChI=1S/C20H30Br2N2O/c1-4-24(5-2)20-15(13-16(21)14-19(20)22)7-6-12-23(3)17-8-10-18(25)11-9-17/h6-7,13-14,17-18,25H,4-5,8-12H2,1-3H3/b7-6+. The Balaban J connectivity index is 2.09. The van der Waals surface area contributed by atoms with E-state index in [0.717, 1.165) is 54.3 Å². The number of hydrogen-bond acceptors (Lipinski definition) is 3. The maximum atomic E-state index is 9.67. The van der Waals surface area contributed by atoms with Gasteiger partial charge in [0.15, 0.2) is 0 Å². The van der Waals surface area contributed by atoms with Crippen molar-refractivity contribution >= 4 is 43.6 Å². The van der Waals surface area contributed by atoms with Crippen molar-refractivity contribution in [3.05, 3.63) is 32.7 Å². The lowest BCUT2D eigenvalue weighted by molar-refractivity contribution is 0.0883. The summed E-state index contributed by atoms with van der Waals surface area (Å²) in [5.41, 5.74) is 2.49. The molecule has 0 radical (unpaired) electrons. The predicted octanol–water partition coefficient (Wildman–Crippen LogP) is 5.31. The van der Waals surface area contributed by atoms with E-state index in [9.17, 15) is 5.11 Å². The molecule has 0 unspecified atom stereocenters. The van der Waals surface area contributed by atoms with Crippen molar-refractivity contribution in [2.45, 2.75) is 51.7 Å². The third-order valence-electron chi connectivity index (χ3n) is 5.12. The summed E-state index contributed by atoms with van der Waals surface area (Å²) in [7, 11) is 2.19. The molecule has 1 fully saturated rings. The molecule has 1 aliphatic carbocycles. The fraction of sp³-hybridized carbons (Fsp3) is 0.600. The van der Waals surface area contributed by atoms with Crippen molar-refractivity contribution in [2.24, 2.45) is 0 Å². The van der Waals surface area contributed by atoms with Crippen LogP contribution in [0.25, 0.3) is 6.08 Å². The Kier molecular flexibility index (Phi) is 8.46. The van der Waals surface area contributed by atoms with Gasteiger partial charge >= 0.3 is 0 Å². The minimum absolute atomic E-state index is 0.0872. The quantitative estimate of drug-likeness (QED) is 0.581. The number of benzene rings is 1. The summed E-state index contributed by atoms with van der Waals surface area (Å²) in [6, 6.07) is 4.89. The van der Waals surface area contributed by atoms with Crippen LogP contribution >= 0.6 is 31.9 Å². The van der Waals surface area contributed by atoms with Crippen LogP contribution < -0.4 is 4.90 Å². The van der Waals surface area contributed by atoms with Crippen LogP contribution in [0.1, 0.15) is 45.1 Å². The molecule has 1 N–H and O–H groups in total. The number of likely N-dealkylation sites (N-methyl/N-ethyl adjacent to an activating group) is 1. The normalized spacial score (nSPS) is 21.2. The van der Waals surface area contributed by atoms with E-state index in [4.69, 9.17) is 0 Å². The second-order valence-corrected chi connectivity index (χ2v) is 8.57. The van der Waals surface area contributed by atoms with Crippen LogP contribution in [-0.4, -0.2) is 48.8 Å². The fourth-order valence-electron chi connectivity index (χ4n) is 3.58. The first-order valence-electron chi connectivity index (χ1n) is 9.25. The molecule has 1 aromatic carbocycles. The van der Waals surface area contributed by atoms with E-state index in [2.05, 4.69) is 86.8 Å². The smallest absolute Gasteiger partial charge is 0.0584 e. The van der Waals surface area contributed by atoms with Gasteiger partial charge < -0.3 is 10.0 Å². The highest BCUT2D eigenvalue weighted by Gasteiger charge is 2.21. The van der Waals surface area contributed by atoms with E-state index >= 15 is 0 Å². The van der Waals surface area contributed by atoms with Gasteiger partial charge in [0.25, 0.3) is 0 Å². The Morgan fingerprint density at radius 1 is 1.12 bits per heavy atom. The number of aliphatic hydroxyl groups is 1. The Bertz CT molecular complexity index is 579. The van der Waals surface area contributed by atoms with Crippen LogP contribution in [0.5, 0.6) is 0 Å². The summed E-state index contributed by atoms with van der Waals surface area (Å²) in [6.45, 7) is 7.29. The number of anilines is 1. The summed E-state index contributed by atoms with van der Waals surface area (Å²) in [4.78, 5) is 4.79. The average Bonchev–Trinajstić information content (AvgIpc) is 2.58. The third-order valence-corrected chi connectivity index (χ3v) is 6.18. The van der Waals surface area contributed by atoms with E-state index < -0.39 is 0 Å². The number of hydrogen-bond donors (Lipinski definition) is 1. The summed E-state index contributed by atoms with van der Waals surface area (Å²) in [6.07, 6.45) is 8.46. The second-order valence-electron chi connectivity index (χ2n) is 6.80. The van der Waals surface area contributed by atoms with Crippen molar-refractivity contribution in [2.75, 3.05) is 31.6 Å². The number of nitrogens with zero attached hydrogens (tertiary/aromatic N) is 2. The molecule has 1 aliphatic rings. The van der Waals surface area contributed by atoms with Crippen molar-refractivity contribution in [1.82, 2.24) is 4.90 Å². The zero-order valence-corrected chi connectivity index (χ0v) is 18.7. The van der Waals surface area contributed by atoms with Crippen LogP contribution in [0.3, 0.4) is 0 Å². The lowest BCUT2D eigenvalue weighted by Crippen LogP contribution is -2.36. The van der Waals surface area contributed by atoms with Crippen molar-refractivity contribution in [3.8, 4) is 0 Å². The van der Waals surface area contributed by atoms with Crippen LogP contribution in [0, 0.1) is 0 Å². The van der Waals surface area contributed by atoms with Gasteiger partial charge in [0.2, 0.25) is 0 Å². The van der Waals surface area contributed by atoms with Crippen molar-refractivity contribution in [3.63, 3.8) is 0 Å². The van der Waals surface area contributed by atoms with E-state index in [1.807, 2.05) is 0 Å². The number of aliphatic hydroxyl groups excluding tert-OH is 1. The van der Waals surface area contributed by atoms with Crippen molar-refractivity contribution in [1.29, 1.82) is 0 Å². The van der Waals surface area contributed by atoms with E-state index in [0.29, 0.717) is 6.04 Å². The Morgan fingerprint density at radius 3 is 2.36 bits per heavy atom. The topological polar surface area (TPSA) is 26.7 Å². The zero-order chi connectivity index (χ0) is 18.4. The molecule has 0 aromatic heterocycles. The fourth-order valence-corrected chi connectivity index (χ4v) is 5.09. The first kappa shape index (κ1) is 20.9. The van der Waals surface area contributed by atoms with E-state index in [-0.39, 0.29) is 6.10 Å². The molecule has 3 nitrogen and oxygen atoms in total. The number of rotatable bonds is 7. The van der Waals surface area contributed by atoms with Crippen LogP contribution in [0.2, 0.25) is 0 Å². The Morgan fingerprint density at radius 2 is 1.76 bits per heavy atom. The van der Waals surface area contributed by atoms with Gasteiger partial charge in [-0.2, -0.15) is 0 Å². The lowest BCUT2D eigenvalue weighted by Gasteiger charge is -2.32. The summed E-state index contributed by atoms with van der Waals surface area (Å²) in [5, 5.41) is 9.67. The molecule has 0 aliphatic heterocycles. The SMILES string of the molecule is CCN(CC)c1c(Br)cc(Br)cc1/C=C/CN(C)C1CCC(O)CC1. The summed E-state index contributed by atoms with van der Waals surface area (Å²) >= 11 is 7.34. The third kappa shape index (κ3) is 5.81. The molecule has 0 bridgehead atoms. The minimum atomic E-state index is -0.0872. The van der Waals surface area contributed by atoms with Crippen molar-refractivity contribution < 1.29 is 5.11 Å². The first-order valence-corrected chi connectivity index (χ1v) is 10.8. The van der Waals surface area contributed by atoms with Gasteiger partial charge in [-0.25, -0.2) is 0 Å². The highest BCUT2D eigenvalue weighted by Crippen LogP contribution is 2.34. The van der Waals surface area contributed by atoms with Gasteiger partial charge in [0, 0.05) is 34.6 Å². The van der Waals surface area contributed by atoms with Gasteiger partial charge in [-0.05, 0) is 80.2 Å². The zero-order valence-electron chi connectivity index (χ0n) is 15.5. The largest absolute Gasteiger partial charge is 0.393 e. The highest BCUT2D eigenvalue weighted by atomic mass is 79.9. The molecule has 0 heterocycles. The minimum Gasteiger partial charge on any atom is -0.393 e. The number of halogens is 2. The predicted molar refractivity (Wildman–Crippen MR) is 115 cm³/mol. The maximum Gasteiger partial charge on any atom is 0.0584 e. The first-order chi connectivity index (χ1) is 12.0. The van der Waals surface area contributed by atoms with Crippen LogP contribution in [-0.2, 0) is 0 Å². The highest BCUT2D eigenvalue weighted by molar-refractivity contribution is 9.11. The lowest BCUT2D eigenvalue weighted by atomic mass is 9.92. The van der Waals surface area contributed by atoms with Gasteiger partial charge in [0.1, 0.15) is 0 Å². The summed E-state index contributed by atoms with van der Waals surface area (Å²) < 4.78 is 2.21. The molecule has 140 valence electrons. The molecule has 5 heteroatoms. The van der Waals surface area contributed by atoms with E-state index in [1.165, 1.54) is 11.3 Å².